The van der Waals surface area contributed by atoms with Crippen molar-refractivity contribution in [3.05, 3.63) is 65.2 Å². The van der Waals surface area contributed by atoms with E-state index in [0.717, 1.165) is 19.3 Å². The molecule has 0 bridgehead atoms. The first-order valence-electron chi connectivity index (χ1n) is 7.90. The molecule has 118 valence electrons. The van der Waals surface area contributed by atoms with Crippen molar-refractivity contribution >= 4 is 17.5 Å². The van der Waals surface area contributed by atoms with Gasteiger partial charge in [-0.15, -0.1) is 0 Å². The highest BCUT2D eigenvalue weighted by molar-refractivity contribution is 5.95. The van der Waals surface area contributed by atoms with Gasteiger partial charge in [-0.2, -0.15) is 0 Å². The number of amides is 2. The van der Waals surface area contributed by atoms with Crippen LogP contribution in [-0.2, 0) is 6.42 Å². The van der Waals surface area contributed by atoms with E-state index in [2.05, 4.69) is 22.8 Å². The number of hydrogen-bond donors (Lipinski definition) is 2. The number of Topliss-reactive ketones (excluding diaryl/α,β-unsaturated/α-hetero) is 1. The third-order valence-electron chi connectivity index (χ3n) is 4.22. The smallest absolute Gasteiger partial charge is 0.319 e. The van der Waals surface area contributed by atoms with E-state index in [4.69, 9.17) is 0 Å². The molecule has 0 fully saturated rings. The molecule has 1 aliphatic carbocycles. The molecule has 4 nitrogen and oxygen atoms in total. The molecule has 4 heteroatoms. The summed E-state index contributed by atoms with van der Waals surface area (Å²) in [6.07, 6.45) is 3.10. The summed E-state index contributed by atoms with van der Waals surface area (Å²) in [5.41, 5.74) is 3.84. The van der Waals surface area contributed by atoms with Crippen molar-refractivity contribution < 1.29 is 9.59 Å². The van der Waals surface area contributed by atoms with Crippen molar-refractivity contribution in [2.24, 2.45) is 0 Å². The van der Waals surface area contributed by atoms with Crippen LogP contribution in [0.15, 0.2) is 48.5 Å². The second-order valence-corrected chi connectivity index (χ2v) is 5.88. The Bertz CT molecular complexity index is 722. The van der Waals surface area contributed by atoms with Gasteiger partial charge >= 0.3 is 6.03 Å². The third kappa shape index (κ3) is 3.59. The SMILES string of the molecule is CC(=O)c1ccc(NC(=O)N[C@H]2CCCc3ccccc32)cc1. The van der Waals surface area contributed by atoms with Crippen molar-refractivity contribution in [3.8, 4) is 0 Å². The van der Waals surface area contributed by atoms with E-state index in [1.807, 2.05) is 12.1 Å². The van der Waals surface area contributed by atoms with E-state index in [0.29, 0.717) is 11.3 Å². The Hall–Kier alpha value is -2.62. The summed E-state index contributed by atoms with van der Waals surface area (Å²) < 4.78 is 0. The maximum Gasteiger partial charge on any atom is 0.319 e. The van der Waals surface area contributed by atoms with Crippen LogP contribution in [0.5, 0.6) is 0 Å². The molecule has 2 aromatic rings. The zero-order valence-corrected chi connectivity index (χ0v) is 13.1. The number of hydrogen-bond acceptors (Lipinski definition) is 2. The Morgan fingerprint density at radius 2 is 1.78 bits per heavy atom. The van der Waals surface area contributed by atoms with Gasteiger partial charge in [0.25, 0.3) is 0 Å². The molecule has 0 saturated carbocycles. The van der Waals surface area contributed by atoms with Gasteiger partial charge in [-0.3, -0.25) is 4.79 Å². The van der Waals surface area contributed by atoms with Gasteiger partial charge in [0.1, 0.15) is 0 Å². The monoisotopic (exact) mass is 308 g/mol. The number of carbonyl (C=O) groups excluding carboxylic acids is 2. The van der Waals surface area contributed by atoms with Gasteiger partial charge in [0.05, 0.1) is 6.04 Å². The Morgan fingerprint density at radius 3 is 2.52 bits per heavy atom. The van der Waals surface area contributed by atoms with Crippen LogP contribution in [0, 0.1) is 0 Å². The number of nitrogens with one attached hydrogen (secondary N) is 2. The van der Waals surface area contributed by atoms with Crippen molar-refractivity contribution in [1.82, 2.24) is 5.32 Å². The lowest BCUT2D eigenvalue weighted by Gasteiger charge is -2.26. The molecule has 0 aliphatic heterocycles. The largest absolute Gasteiger partial charge is 0.331 e. The van der Waals surface area contributed by atoms with E-state index in [-0.39, 0.29) is 17.9 Å². The minimum absolute atomic E-state index is 0.0137. The lowest BCUT2D eigenvalue weighted by molar-refractivity contribution is 0.101. The standard InChI is InChI=1S/C19H20N2O2/c1-13(22)14-9-11-16(12-10-14)20-19(23)21-18-8-4-6-15-5-2-3-7-17(15)18/h2-3,5,7,9-12,18H,4,6,8H2,1H3,(H2,20,21,23)/t18-/m0/s1. The summed E-state index contributed by atoms with van der Waals surface area (Å²) in [4.78, 5) is 23.5. The number of anilines is 1. The Kier molecular flexibility index (Phi) is 4.42. The minimum Gasteiger partial charge on any atom is -0.331 e. The summed E-state index contributed by atoms with van der Waals surface area (Å²) in [6, 6.07) is 15.0. The highest BCUT2D eigenvalue weighted by Crippen LogP contribution is 2.29. The number of aryl methyl sites for hydroxylation is 1. The lowest BCUT2D eigenvalue weighted by Crippen LogP contribution is -2.34. The highest BCUT2D eigenvalue weighted by Gasteiger charge is 2.21. The summed E-state index contributed by atoms with van der Waals surface area (Å²) in [7, 11) is 0. The Balaban J connectivity index is 1.65. The summed E-state index contributed by atoms with van der Waals surface area (Å²) >= 11 is 0. The first kappa shape index (κ1) is 15.3. The van der Waals surface area contributed by atoms with E-state index >= 15 is 0 Å². The van der Waals surface area contributed by atoms with Gasteiger partial charge in [-0.1, -0.05) is 24.3 Å². The van der Waals surface area contributed by atoms with Crippen LogP contribution in [0.1, 0.15) is 47.3 Å². The third-order valence-corrected chi connectivity index (χ3v) is 4.22. The van der Waals surface area contributed by atoms with Crippen molar-refractivity contribution in [2.75, 3.05) is 5.32 Å². The molecule has 1 atom stereocenters. The quantitative estimate of drug-likeness (QED) is 0.839. The summed E-state index contributed by atoms with van der Waals surface area (Å²) in [5.74, 6) is 0.0137. The van der Waals surface area contributed by atoms with Crippen LogP contribution in [0.25, 0.3) is 0 Å². The molecule has 0 unspecified atom stereocenters. The molecule has 2 N–H and O–H groups in total. The van der Waals surface area contributed by atoms with E-state index in [1.54, 1.807) is 24.3 Å². The lowest BCUT2D eigenvalue weighted by atomic mass is 9.88. The molecule has 2 aromatic carbocycles. The molecule has 0 saturated heterocycles. The van der Waals surface area contributed by atoms with Crippen molar-refractivity contribution in [2.45, 2.75) is 32.2 Å². The van der Waals surface area contributed by atoms with E-state index in [1.165, 1.54) is 18.1 Å². The number of rotatable bonds is 3. The Labute approximate surface area is 135 Å². The first-order chi connectivity index (χ1) is 11.1. The summed E-state index contributed by atoms with van der Waals surface area (Å²) in [6.45, 7) is 1.52. The number of fused-ring (bicyclic) bond motifs is 1. The predicted molar refractivity (Wildman–Crippen MR) is 90.7 cm³/mol. The fourth-order valence-corrected chi connectivity index (χ4v) is 3.02. The zero-order chi connectivity index (χ0) is 16.2. The van der Waals surface area contributed by atoms with Gasteiger partial charge in [-0.05, 0) is 61.6 Å². The van der Waals surface area contributed by atoms with Crippen molar-refractivity contribution in [3.63, 3.8) is 0 Å². The molecule has 0 spiro atoms. The average Bonchev–Trinajstić information content (AvgIpc) is 2.55. The van der Waals surface area contributed by atoms with Gasteiger partial charge in [0.2, 0.25) is 0 Å². The molecular formula is C19H20N2O2. The second kappa shape index (κ2) is 6.65. The number of ketones is 1. The van der Waals surface area contributed by atoms with Crippen LogP contribution >= 0.6 is 0 Å². The molecule has 0 aromatic heterocycles. The van der Waals surface area contributed by atoms with Crippen molar-refractivity contribution in [1.29, 1.82) is 0 Å². The molecule has 23 heavy (non-hydrogen) atoms. The highest BCUT2D eigenvalue weighted by atomic mass is 16.2. The molecule has 0 heterocycles. The molecule has 2 amide bonds. The molecule has 1 aliphatic rings. The van der Waals surface area contributed by atoms with Gasteiger partial charge in [0.15, 0.2) is 5.78 Å². The number of benzene rings is 2. The fourth-order valence-electron chi connectivity index (χ4n) is 3.02. The van der Waals surface area contributed by atoms with Crippen LogP contribution in [0.3, 0.4) is 0 Å². The van der Waals surface area contributed by atoms with E-state index < -0.39 is 0 Å². The molecular weight excluding hydrogens is 288 g/mol. The first-order valence-corrected chi connectivity index (χ1v) is 7.90. The van der Waals surface area contributed by atoms with Crippen LogP contribution in [-0.4, -0.2) is 11.8 Å². The van der Waals surface area contributed by atoms with Gasteiger partial charge in [-0.25, -0.2) is 4.79 Å². The maximum atomic E-state index is 12.2. The molecule has 0 radical (unpaired) electrons. The topological polar surface area (TPSA) is 58.2 Å². The fraction of sp³-hybridized carbons (Fsp3) is 0.263. The second-order valence-electron chi connectivity index (χ2n) is 5.88. The minimum atomic E-state index is -0.220. The number of carbonyl (C=O) groups is 2. The molecule has 3 rings (SSSR count). The summed E-state index contributed by atoms with van der Waals surface area (Å²) in [5, 5.41) is 5.87. The maximum absolute atomic E-state index is 12.2. The van der Waals surface area contributed by atoms with Crippen LogP contribution < -0.4 is 10.6 Å². The van der Waals surface area contributed by atoms with Gasteiger partial charge in [0, 0.05) is 11.3 Å². The van der Waals surface area contributed by atoms with Crippen LogP contribution in [0.4, 0.5) is 10.5 Å². The zero-order valence-electron chi connectivity index (χ0n) is 13.1. The average molecular weight is 308 g/mol. The van der Waals surface area contributed by atoms with E-state index in [9.17, 15) is 9.59 Å². The van der Waals surface area contributed by atoms with Gasteiger partial charge < -0.3 is 10.6 Å². The number of urea groups is 1. The van der Waals surface area contributed by atoms with Crippen LogP contribution in [0.2, 0.25) is 0 Å². The predicted octanol–water partition coefficient (Wildman–Crippen LogP) is 4.09. The Morgan fingerprint density at radius 1 is 1.04 bits per heavy atom. The normalized spacial score (nSPS) is 16.3.